The van der Waals surface area contributed by atoms with Gasteiger partial charge in [0.25, 0.3) is 5.56 Å². The van der Waals surface area contributed by atoms with E-state index in [-0.39, 0.29) is 17.9 Å². The van der Waals surface area contributed by atoms with E-state index in [0.717, 1.165) is 26.3 Å². The molecule has 3 aromatic heterocycles. The summed E-state index contributed by atoms with van der Waals surface area (Å²) in [6.45, 7) is 4.53. The first-order valence-electron chi connectivity index (χ1n) is 8.68. The average Bonchev–Trinajstić information content (AvgIpc) is 3.20. The fraction of sp³-hybridized carbons (Fsp3) is 0.263. The lowest BCUT2D eigenvalue weighted by Crippen LogP contribution is -2.27. The second-order valence-electron chi connectivity index (χ2n) is 6.43. The zero-order valence-electron chi connectivity index (χ0n) is 15.1. The fourth-order valence-electron chi connectivity index (χ4n) is 3.01. The third-order valence-electron chi connectivity index (χ3n) is 4.63. The molecule has 7 nitrogen and oxygen atoms in total. The number of hydrogen-bond donors (Lipinski definition) is 2. The standard InChI is InChI=1S/C19H19N5O2S/c1-11-12(2)27-18-17(11)19(26)24(10-21-18)8-7-16(25)20-9-15-22-13-5-3-4-6-14(13)23-15/h3-6,10H,7-9H2,1-2H3,(H,20,25)(H,22,23). The minimum atomic E-state index is -0.138. The zero-order valence-corrected chi connectivity index (χ0v) is 15.9. The van der Waals surface area contributed by atoms with Crippen molar-refractivity contribution in [3.63, 3.8) is 0 Å². The van der Waals surface area contributed by atoms with Crippen LogP contribution in [0.15, 0.2) is 35.4 Å². The lowest BCUT2D eigenvalue weighted by molar-refractivity contribution is -0.121. The number of benzene rings is 1. The first-order valence-corrected chi connectivity index (χ1v) is 9.50. The second kappa shape index (κ2) is 6.96. The van der Waals surface area contributed by atoms with E-state index in [1.165, 1.54) is 22.2 Å². The number of imidazole rings is 1. The number of para-hydroxylation sites is 2. The van der Waals surface area contributed by atoms with Gasteiger partial charge in [0.1, 0.15) is 10.7 Å². The largest absolute Gasteiger partial charge is 0.349 e. The van der Waals surface area contributed by atoms with Crippen LogP contribution in [0.1, 0.15) is 22.7 Å². The van der Waals surface area contributed by atoms with Crippen molar-refractivity contribution >= 4 is 38.5 Å². The number of thiophene rings is 1. The first kappa shape index (κ1) is 17.4. The molecule has 0 aliphatic rings. The lowest BCUT2D eigenvalue weighted by Gasteiger charge is -2.06. The molecule has 0 aliphatic carbocycles. The lowest BCUT2D eigenvalue weighted by atomic mass is 10.2. The van der Waals surface area contributed by atoms with Crippen LogP contribution in [0.2, 0.25) is 0 Å². The summed E-state index contributed by atoms with van der Waals surface area (Å²) in [5.41, 5.74) is 2.69. The molecule has 2 N–H and O–H groups in total. The monoisotopic (exact) mass is 381 g/mol. The van der Waals surface area contributed by atoms with Crippen molar-refractivity contribution in [2.75, 3.05) is 0 Å². The third kappa shape index (κ3) is 3.35. The summed E-state index contributed by atoms with van der Waals surface area (Å²) < 4.78 is 1.50. The number of rotatable bonds is 5. The van der Waals surface area contributed by atoms with E-state index in [0.29, 0.717) is 24.3 Å². The molecule has 0 saturated carbocycles. The summed E-state index contributed by atoms with van der Waals surface area (Å²) in [7, 11) is 0. The van der Waals surface area contributed by atoms with E-state index in [1.54, 1.807) is 0 Å². The number of aromatic amines is 1. The molecule has 1 aromatic carbocycles. The molecule has 0 spiro atoms. The highest BCUT2D eigenvalue weighted by Gasteiger charge is 2.13. The molecule has 0 atom stereocenters. The van der Waals surface area contributed by atoms with Gasteiger partial charge in [-0.1, -0.05) is 12.1 Å². The number of fused-ring (bicyclic) bond motifs is 2. The number of H-pyrrole nitrogens is 1. The molecule has 8 heteroatoms. The van der Waals surface area contributed by atoms with Crippen LogP contribution in [-0.2, 0) is 17.9 Å². The first-order chi connectivity index (χ1) is 13.0. The molecule has 0 radical (unpaired) electrons. The van der Waals surface area contributed by atoms with Gasteiger partial charge in [-0.2, -0.15) is 0 Å². The van der Waals surface area contributed by atoms with Crippen molar-refractivity contribution in [1.29, 1.82) is 0 Å². The number of nitrogens with one attached hydrogen (secondary N) is 2. The number of carbonyl (C=O) groups excluding carboxylic acids is 1. The van der Waals surface area contributed by atoms with Gasteiger partial charge < -0.3 is 10.3 Å². The van der Waals surface area contributed by atoms with Gasteiger partial charge in [-0.15, -0.1) is 11.3 Å². The molecule has 0 saturated heterocycles. The van der Waals surface area contributed by atoms with Crippen LogP contribution in [0.4, 0.5) is 0 Å². The quantitative estimate of drug-likeness (QED) is 0.556. The van der Waals surface area contributed by atoms with Gasteiger partial charge in [0.05, 0.1) is 29.3 Å². The van der Waals surface area contributed by atoms with Gasteiger partial charge in [-0.05, 0) is 31.5 Å². The molecule has 138 valence electrons. The maximum Gasteiger partial charge on any atom is 0.262 e. The predicted molar refractivity (Wildman–Crippen MR) is 106 cm³/mol. The molecule has 0 aliphatic heterocycles. The van der Waals surface area contributed by atoms with Crippen molar-refractivity contribution in [1.82, 2.24) is 24.8 Å². The maximum atomic E-state index is 12.6. The molecule has 3 heterocycles. The Morgan fingerprint density at radius 3 is 2.93 bits per heavy atom. The van der Waals surface area contributed by atoms with Gasteiger partial charge in [-0.3, -0.25) is 14.2 Å². The Kier molecular flexibility index (Phi) is 4.49. The number of aromatic nitrogens is 4. The van der Waals surface area contributed by atoms with Crippen LogP contribution in [0.5, 0.6) is 0 Å². The number of amides is 1. The topological polar surface area (TPSA) is 92.7 Å². The van der Waals surface area contributed by atoms with Crippen LogP contribution in [0.3, 0.4) is 0 Å². The van der Waals surface area contributed by atoms with E-state index in [1.807, 2.05) is 38.1 Å². The summed E-state index contributed by atoms with van der Waals surface area (Å²) >= 11 is 1.52. The minimum Gasteiger partial charge on any atom is -0.349 e. The molecule has 4 rings (SSSR count). The summed E-state index contributed by atoms with van der Waals surface area (Å²) in [6.07, 6.45) is 1.72. The van der Waals surface area contributed by atoms with Crippen LogP contribution in [0.25, 0.3) is 21.3 Å². The van der Waals surface area contributed by atoms with E-state index in [9.17, 15) is 9.59 Å². The highest BCUT2D eigenvalue weighted by atomic mass is 32.1. The van der Waals surface area contributed by atoms with Crippen molar-refractivity contribution in [3.05, 3.63) is 57.2 Å². The maximum absolute atomic E-state index is 12.6. The van der Waals surface area contributed by atoms with Crippen molar-refractivity contribution in [2.45, 2.75) is 33.4 Å². The molecular weight excluding hydrogens is 362 g/mol. The summed E-state index contributed by atoms with van der Waals surface area (Å²) in [5, 5.41) is 3.49. The fourth-order valence-corrected chi connectivity index (χ4v) is 4.00. The number of nitrogens with zero attached hydrogens (tertiary/aromatic N) is 3. The Hall–Kier alpha value is -3.00. The van der Waals surface area contributed by atoms with Crippen molar-refractivity contribution < 1.29 is 4.79 Å². The summed E-state index contributed by atoms with van der Waals surface area (Å²) in [6, 6.07) is 7.71. The van der Waals surface area contributed by atoms with E-state index in [2.05, 4.69) is 20.3 Å². The highest BCUT2D eigenvalue weighted by molar-refractivity contribution is 7.18. The minimum absolute atomic E-state index is 0.0908. The van der Waals surface area contributed by atoms with Gasteiger partial charge in [0.15, 0.2) is 0 Å². The Morgan fingerprint density at radius 1 is 1.30 bits per heavy atom. The zero-order chi connectivity index (χ0) is 19.0. The van der Waals surface area contributed by atoms with Crippen LogP contribution >= 0.6 is 11.3 Å². The van der Waals surface area contributed by atoms with Gasteiger partial charge in [0, 0.05) is 17.8 Å². The predicted octanol–water partition coefficient (Wildman–Crippen LogP) is 2.66. The molecule has 0 fully saturated rings. The van der Waals surface area contributed by atoms with Crippen LogP contribution in [-0.4, -0.2) is 25.4 Å². The Labute approximate surface area is 159 Å². The molecular formula is C19H19N5O2S. The number of carbonyl (C=O) groups is 1. The van der Waals surface area contributed by atoms with E-state index < -0.39 is 0 Å². The Balaban J connectivity index is 1.40. The van der Waals surface area contributed by atoms with Crippen molar-refractivity contribution in [3.8, 4) is 0 Å². The van der Waals surface area contributed by atoms with Crippen LogP contribution < -0.4 is 10.9 Å². The van der Waals surface area contributed by atoms with Gasteiger partial charge in [0.2, 0.25) is 5.91 Å². The second-order valence-corrected chi connectivity index (χ2v) is 7.64. The van der Waals surface area contributed by atoms with Gasteiger partial charge in [-0.25, -0.2) is 9.97 Å². The number of aryl methyl sites for hydroxylation is 3. The van der Waals surface area contributed by atoms with Gasteiger partial charge >= 0.3 is 0 Å². The Morgan fingerprint density at radius 2 is 2.11 bits per heavy atom. The number of hydrogen-bond acceptors (Lipinski definition) is 5. The highest BCUT2D eigenvalue weighted by Crippen LogP contribution is 2.25. The van der Waals surface area contributed by atoms with E-state index >= 15 is 0 Å². The normalized spacial score (nSPS) is 11.3. The van der Waals surface area contributed by atoms with E-state index in [4.69, 9.17) is 0 Å². The molecule has 27 heavy (non-hydrogen) atoms. The summed E-state index contributed by atoms with van der Waals surface area (Å²) in [4.78, 5) is 38.6. The summed E-state index contributed by atoms with van der Waals surface area (Å²) in [5.74, 6) is 0.565. The SMILES string of the molecule is Cc1sc2ncn(CCC(=O)NCc3nc4ccccc4[nH]3)c(=O)c2c1C. The van der Waals surface area contributed by atoms with Crippen molar-refractivity contribution in [2.24, 2.45) is 0 Å². The Bertz CT molecular complexity index is 1170. The molecule has 4 aromatic rings. The molecule has 0 bridgehead atoms. The average molecular weight is 381 g/mol. The molecule has 1 amide bonds. The van der Waals surface area contributed by atoms with Crippen LogP contribution in [0, 0.1) is 13.8 Å². The molecule has 0 unspecified atom stereocenters. The smallest absolute Gasteiger partial charge is 0.262 e. The third-order valence-corrected chi connectivity index (χ3v) is 5.74.